The molecular formula is C9H15N5O3S. The monoisotopic (exact) mass is 273 g/mol. The molecule has 0 radical (unpaired) electrons. The van der Waals surface area contributed by atoms with Crippen molar-refractivity contribution in [3.63, 3.8) is 0 Å². The van der Waals surface area contributed by atoms with E-state index in [1.165, 1.54) is 19.2 Å². The molecule has 1 amide bonds. The van der Waals surface area contributed by atoms with Gasteiger partial charge < -0.3 is 10.7 Å². The van der Waals surface area contributed by atoms with Gasteiger partial charge >= 0.3 is 0 Å². The van der Waals surface area contributed by atoms with Crippen molar-refractivity contribution in [3.05, 3.63) is 18.3 Å². The number of carbonyl (C=O) groups excluding carboxylic acids is 1. The molecule has 0 atom stereocenters. The van der Waals surface area contributed by atoms with E-state index in [0.717, 1.165) is 0 Å². The number of hydrogen-bond donors (Lipinski definition) is 4. The summed E-state index contributed by atoms with van der Waals surface area (Å²) in [6, 6.07) is 3.06. The maximum absolute atomic E-state index is 11.9. The van der Waals surface area contributed by atoms with Crippen LogP contribution < -0.4 is 21.3 Å². The molecule has 0 saturated carbocycles. The second kappa shape index (κ2) is 6.28. The van der Waals surface area contributed by atoms with E-state index in [4.69, 9.17) is 5.84 Å². The minimum Gasteiger partial charge on any atom is -0.355 e. The first-order valence-corrected chi connectivity index (χ1v) is 6.61. The molecule has 18 heavy (non-hydrogen) atoms. The number of rotatable bonds is 6. The highest BCUT2D eigenvalue weighted by Gasteiger charge is 2.18. The summed E-state index contributed by atoms with van der Waals surface area (Å²) in [6.45, 7) is 1.62. The Balaban J connectivity index is 2.71. The molecule has 0 unspecified atom stereocenters. The highest BCUT2D eigenvalue weighted by molar-refractivity contribution is 7.89. The zero-order chi connectivity index (χ0) is 13.6. The summed E-state index contributed by atoms with van der Waals surface area (Å²) in [7, 11) is -3.76. The molecule has 5 N–H and O–H groups in total. The van der Waals surface area contributed by atoms with E-state index in [-0.39, 0.29) is 29.7 Å². The van der Waals surface area contributed by atoms with Crippen LogP contribution >= 0.6 is 0 Å². The van der Waals surface area contributed by atoms with E-state index in [0.29, 0.717) is 0 Å². The SMILES string of the molecule is CC(=O)NCCNS(=O)(=O)c1ncccc1NN. The Morgan fingerprint density at radius 1 is 1.44 bits per heavy atom. The molecule has 1 aromatic rings. The van der Waals surface area contributed by atoms with Gasteiger partial charge in [-0.3, -0.25) is 10.6 Å². The third-order valence-corrected chi connectivity index (χ3v) is 3.39. The summed E-state index contributed by atoms with van der Waals surface area (Å²) in [4.78, 5) is 14.4. The number of pyridine rings is 1. The van der Waals surface area contributed by atoms with Crippen LogP contribution in [0.3, 0.4) is 0 Å². The topological polar surface area (TPSA) is 126 Å². The molecule has 0 aromatic carbocycles. The van der Waals surface area contributed by atoms with Crippen LogP contribution in [0.4, 0.5) is 5.69 Å². The van der Waals surface area contributed by atoms with Crippen molar-refractivity contribution in [3.8, 4) is 0 Å². The maximum Gasteiger partial charge on any atom is 0.260 e. The molecule has 0 aliphatic rings. The summed E-state index contributed by atoms with van der Waals surface area (Å²) < 4.78 is 26.1. The lowest BCUT2D eigenvalue weighted by molar-refractivity contribution is -0.118. The number of hydrazine groups is 1. The van der Waals surface area contributed by atoms with Crippen LogP contribution in [0.15, 0.2) is 23.4 Å². The van der Waals surface area contributed by atoms with Crippen LogP contribution in [0.2, 0.25) is 0 Å². The van der Waals surface area contributed by atoms with Crippen LogP contribution in [0, 0.1) is 0 Å². The van der Waals surface area contributed by atoms with Crippen molar-refractivity contribution in [1.82, 2.24) is 15.0 Å². The van der Waals surface area contributed by atoms with Gasteiger partial charge in [-0.1, -0.05) is 0 Å². The highest BCUT2D eigenvalue weighted by Crippen LogP contribution is 2.15. The number of aromatic nitrogens is 1. The number of carbonyl (C=O) groups is 1. The number of amides is 1. The minimum absolute atomic E-state index is 0.0719. The van der Waals surface area contributed by atoms with Gasteiger partial charge in [-0.15, -0.1) is 0 Å². The Morgan fingerprint density at radius 2 is 2.17 bits per heavy atom. The predicted octanol–water partition coefficient (Wildman–Crippen LogP) is -1.22. The number of nitrogens with two attached hydrogens (primary N) is 1. The fourth-order valence-electron chi connectivity index (χ4n) is 1.21. The molecule has 0 saturated heterocycles. The van der Waals surface area contributed by atoms with Crippen LogP contribution in [0.1, 0.15) is 6.92 Å². The van der Waals surface area contributed by atoms with Gasteiger partial charge in [0.25, 0.3) is 10.0 Å². The Kier molecular flexibility index (Phi) is 5.01. The minimum atomic E-state index is -3.76. The van der Waals surface area contributed by atoms with E-state index in [9.17, 15) is 13.2 Å². The number of nitrogens with one attached hydrogen (secondary N) is 3. The maximum atomic E-state index is 11.9. The molecular weight excluding hydrogens is 258 g/mol. The van der Waals surface area contributed by atoms with Gasteiger partial charge in [0.2, 0.25) is 5.91 Å². The molecule has 1 aromatic heterocycles. The molecule has 0 aliphatic carbocycles. The molecule has 1 rings (SSSR count). The van der Waals surface area contributed by atoms with Gasteiger partial charge in [-0.05, 0) is 12.1 Å². The normalized spacial score (nSPS) is 11.0. The third-order valence-electron chi connectivity index (χ3n) is 1.97. The second-order valence-electron chi connectivity index (χ2n) is 3.38. The third kappa shape index (κ3) is 3.95. The average Bonchev–Trinajstić information content (AvgIpc) is 2.34. The standard InChI is InChI=1S/C9H15N5O3S/c1-7(15)11-5-6-13-18(16,17)9-8(14-10)3-2-4-12-9/h2-4,13-14H,5-6,10H2,1H3,(H,11,15). The number of nitrogens with zero attached hydrogens (tertiary/aromatic N) is 1. The zero-order valence-corrected chi connectivity index (χ0v) is 10.6. The fraction of sp³-hybridized carbons (Fsp3) is 0.333. The average molecular weight is 273 g/mol. The van der Waals surface area contributed by atoms with E-state index in [1.807, 2.05) is 0 Å². The number of sulfonamides is 1. The Bertz CT molecular complexity index is 517. The number of anilines is 1. The number of nitrogen functional groups attached to an aromatic ring is 1. The van der Waals surface area contributed by atoms with Crippen molar-refractivity contribution in [2.75, 3.05) is 18.5 Å². The van der Waals surface area contributed by atoms with E-state index in [2.05, 4.69) is 20.4 Å². The van der Waals surface area contributed by atoms with E-state index < -0.39 is 10.0 Å². The van der Waals surface area contributed by atoms with Gasteiger partial charge in [-0.25, -0.2) is 18.1 Å². The lowest BCUT2D eigenvalue weighted by Gasteiger charge is -2.09. The molecule has 0 bridgehead atoms. The molecule has 8 nitrogen and oxygen atoms in total. The van der Waals surface area contributed by atoms with Crippen LogP contribution in [-0.4, -0.2) is 32.4 Å². The predicted molar refractivity (Wildman–Crippen MR) is 65.9 cm³/mol. The molecule has 0 fully saturated rings. The lowest BCUT2D eigenvalue weighted by Crippen LogP contribution is -2.34. The van der Waals surface area contributed by atoms with Crippen LogP contribution in [0.5, 0.6) is 0 Å². The van der Waals surface area contributed by atoms with Crippen molar-refractivity contribution >= 4 is 21.6 Å². The fourth-order valence-corrected chi connectivity index (χ4v) is 2.33. The van der Waals surface area contributed by atoms with Crippen molar-refractivity contribution in [1.29, 1.82) is 0 Å². The Labute approximate surface area is 105 Å². The molecule has 100 valence electrons. The largest absolute Gasteiger partial charge is 0.355 e. The highest BCUT2D eigenvalue weighted by atomic mass is 32.2. The van der Waals surface area contributed by atoms with Gasteiger partial charge in [0.1, 0.15) is 0 Å². The lowest BCUT2D eigenvalue weighted by atomic mass is 10.4. The Morgan fingerprint density at radius 3 is 2.78 bits per heavy atom. The summed E-state index contributed by atoms with van der Waals surface area (Å²) in [5, 5.41) is 2.29. The molecule has 0 spiro atoms. The van der Waals surface area contributed by atoms with Crippen LogP contribution in [0.25, 0.3) is 0 Å². The van der Waals surface area contributed by atoms with Crippen molar-refractivity contribution in [2.45, 2.75) is 11.9 Å². The molecule has 9 heteroatoms. The second-order valence-corrected chi connectivity index (χ2v) is 5.06. The first kappa shape index (κ1) is 14.4. The summed E-state index contributed by atoms with van der Waals surface area (Å²) >= 11 is 0. The zero-order valence-electron chi connectivity index (χ0n) is 9.80. The summed E-state index contributed by atoms with van der Waals surface area (Å²) in [5.41, 5.74) is 2.46. The van der Waals surface area contributed by atoms with E-state index >= 15 is 0 Å². The quantitative estimate of drug-likeness (QED) is 0.292. The first-order chi connectivity index (χ1) is 8.47. The summed E-state index contributed by atoms with van der Waals surface area (Å²) in [5.74, 6) is 4.98. The Hall–Kier alpha value is -1.71. The molecule has 0 aliphatic heterocycles. The summed E-state index contributed by atoms with van der Waals surface area (Å²) in [6.07, 6.45) is 1.35. The van der Waals surface area contributed by atoms with Crippen molar-refractivity contribution in [2.24, 2.45) is 5.84 Å². The van der Waals surface area contributed by atoms with Gasteiger partial charge in [0.15, 0.2) is 5.03 Å². The van der Waals surface area contributed by atoms with Gasteiger partial charge in [-0.2, -0.15) is 0 Å². The number of hydrogen-bond acceptors (Lipinski definition) is 6. The van der Waals surface area contributed by atoms with Crippen LogP contribution in [-0.2, 0) is 14.8 Å². The van der Waals surface area contributed by atoms with E-state index in [1.54, 1.807) is 6.07 Å². The van der Waals surface area contributed by atoms with Gasteiger partial charge in [0.05, 0.1) is 5.69 Å². The first-order valence-electron chi connectivity index (χ1n) is 5.13. The smallest absolute Gasteiger partial charge is 0.260 e. The molecule has 1 heterocycles. The van der Waals surface area contributed by atoms with Crippen molar-refractivity contribution < 1.29 is 13.2 Å². The van der Waals surface area contributed by atoms with Gasteiger partial charge in [0, 0.05) is 26.2 Å².